The van der Waals surface area contributed by atoms with Crippen molar-refractivity contribution in [3.63, 3.8) is 0 Å². The summed E-state index contributed by atoms with van der Waals surface area (Å²) in [5, 5.41) is 17.4. The molecule has 0 bridgehead atoms. The second-order valence-electron chi connectivity index (χ2n) is 4.53. The highest BCUT2D eigenvalue weighted by molar-refractivity contribution is 7.10. The van der Waals surface area contributed by atoms with Gasteiger partial charge in [0.1, 0.15) is 5.75 Å². The number of carbonyl (C=O) groups is 1. The maximum Gasteiger partial charge on any atom is 0.221 e. The molecule has 20 heavy (non-hydrogen) atoms. The third-order valence-corrected chi connectivity index (χ3v) is 3.79. The van der Waals surface area contributed by atoms with E-state index in [2.05, 4.69) is 10.6 Å². The molecule has 2 aromatic rings. The van der Waals surface area contributed by atoms with Gasteiger partial charge in [0.05, 0.1) is 5.69 Å². The molecule has 0 aliphatic rings. The lowest BCUT2D eigenvalue weighted by atomic mass is 10.1. The van der Waals surface area contributed by atoms with E-state index in [1.807, 2.05) is 23.6 Å². The number of thiophene rings is 1. The van der Waals surface area contributed by atoms with E-state index in [1.165, 1.54) is 12.5 Å². The molecular formula is C15H18N2O2S. The first-order valence-electron chi connectivity index (χ1n) is 6.48. The lowest BCUT2D eigenvalue weighted by Gasteiger charge is -2.06. The molecule has 0 unspecified atom stereocenters. The molecule has 5 heteroatoms. The van der Waals surface area contributed by atoms with Crippen molar-refractivity contribution in [3.8, 4) is 5.75 Å². The highest BCUT2D eigenvalue weighted by Gasteiger charge is 2.05. The largest absolute Gasteiger partial charge is 0.508 e. The Balaban J connectivity index is 1.77. The number of phenols is 1. The van der Waals surface area contributed by atoms with Gasteiger partial charge in [0, 0.05) is 18.3 Å². The number of hydrogen-bond donors (Lipinski definition) is 3. The van der Waals surface area contributed by atoms with E-state index in [9.17, 15) is 9.90 Å². The second-order valence-corrected chi connectivity index (χ2v) is 5.53. The van der Waals surface area contributed by atoms with Crippen LogP contribution < -0.4 is 10.6 Å². The summed E-state index contributed by atoms with van der Waals surface area (Å²) < 4.78 is 0. The zero-order valence-electron chi connectivity index (χ0n) is 11.3. The molecule has 1 aromatic carbocycles. The molecule has 4 nitrogen and oxygen atoms in total. The van der Waals surface area contributed by atoms with Gasteiger partial charge in [-0.05, 0) is 42.1 Å². The minimum Gasteiger partial charge on any atom is -0.508 e. The predicted octanol–water partition coefficient (Wildman–Crippen LogP) is 2.74. The Labute approximate surface area is 122 Å². The van der Waals surface area contributed by atoms with Crippen LogP contribution in [0.4, 0.5) is 5.69 Å². The van der Waals surface area contributed by atoms with Gasteiger partial charge in [-0.1, -0.05) is 12.1 Å². The molecule has 106 valence electrons. The fourth-order valence-electron chi connectivity index (χ4n) is 1.88. The first-order chi connectivity index (χ1) is 9.65. The Morgan fingerprint density at radius 1 is 1.25 bits per heavy atom. The van der Waals surface area contributed by atoms with E-state index in [-0.39, 0.29) is 5.91 Å². The zero-order valence-corrected chi connectivity index (χ0v) is 12.2. The molecule has 0 atom stereocenters. The van der Waals surface area contributed by atoms with Crippen LogP contribution in [0.1, 0.15) is 17.4 Å². The molecule has 0 aliphatic heterocycles. The number of benzene rings is 1. The Hall–Kier alpha value is -1.85. The summed E-state index contributed by atoms with van der Waals surface area (Å²) >= 11 is 1.63. The summed E-state index contributed by atoms with van der Waals surface area (Å²) in [6.45, 7) is 3.10. The highest BCUT2D eigenvalue weighted by atomic mass is 32.1. The maximum absolute atomic E-state index is 11.1. The van der Waals surface area contributed by atoms with E-state index >= 15 is 0 Å². The summed E-state index contributed by atoms with van der Waals surface area (Å²) in [5.74, 6) is 0.244. The van der Waals surface area contributed by atoms with Gasteiger partial charge in [-0.3, -0.25) is 4.79 Å². The number of carbonyl (C=O) groups excluding carboxylic acids is 1. The molecule has 1 amide bonds. The Morgan fingerprint density at radius 2 is 2.00 bits per heavy atom. The van der Waals surface area contributed by atoms with Crippen molar-refractivity contribution < 1.29 is 9.90 Å². The molecule has 3 N–H and O–H groups in total. The van der Waals surface area contributed by atoms with Crippen LogP contribution in [0.2, 0.25) is 0 Å². The van der Waals surface area contributed by atoms with Gasteiger partial charge in [-0.25, -0.2) is 0 Å². The molecule has 0 fully saturated rings. The fourth-order valence-corrected chi connectivity index (χ4v) is 2.68. The quantitative estimate of drug-likeness (QED) is 0.717. The van der Waals surface area contributed by atoms with Crippen LogP contribution in [-0.2, 0) is 17.8 Å². The maximum atomic E-state index is 11.1. The van der Waals surface area contributed by atoms with Crippen LogP contribution in [0, 0.1) is 0 Å². The molecule has 1 aromatic heterocycles. The smallest absolute Gasteiger partial charge is 0.221 e. The first-order valence-corrected chi connectivity index (χ1v) is 7.35. The van der Waals surface area contributed by atoms with Gasteiger partial charge in [0.25, 0.3) is 0 Å². The number of anilines is 1. The van der Waals surface area contributed by atoms with Gasteiger partial charge in [-0.2, -0.15) is 0 Å². The Kier molecular flexibility index (Phi) is 5.15. The lowest BCUT2D eigenvalue weighted by Crippen LogP contribution is -2.17. The number of aromatic hydroxyl groups is 1. The normalized spacial score (nSPS) is 10.4. The number of rotatable bonds is 6. The summed E-state index contributed by atoms with van der Waals surface area (Å²) in [7, 11) is 0. The molecule has 2 rings (SSSR count). The summed E-state index contributed by atoms with van der Waals surface area (Å²) in [6.07, 6.45) is 0.904. The van der Waals surface area contributed by atoms with E-state index < -0.39 is 0 Å². The number of phenolic OH excluding ortho intramolecular Hbond substituents is 1. The molecule has 0 spiro atoms. The van der Waals surface area contributed by atoms with E-state index in [0.29, 0.717) is 5.75 Å². The molecule has 0 aliphatic carbocycles. The monoisotopic (exact) mass is 290 g/mol. The van der Waals surface area contributed by atoms with Gasteiger partial charge >= 0.3 is 0 Å². The van der Waals surface area contributed by atoms with Crippen molar-refractivity contribution in [1.82, 2.24) is 5.32 Å². The molecule has 0 saturated heterocycles. The van der Waals surface area contributed by atoms with Gasteiger partial charge in [0.2, 0.25) is 5.91 Å². The van der Waals surface area contributed by atoms with Crippen LogP contribution in [0.15, 0.2) is 35.7 Å². The van der Waals surface area contributed by atoms with Crippen molar-refractivity contribution in [1.29, 1.82) is 0 Å². The van der Waals surface area contributed by atoms with Crippen molar-refractivity contribution in [2.75, 3.05) is 11.9 Å². The van der Waals surface area contributed by atoms with Gasteiger partial charge < -0.3 is 15.7 Å². The van der Waals surface area contributed by atoms with E-state index in [1.54, 1.807) is 23.5 Å². The minimum atomic E-state index is -0.0475. The van der Waals surface area contributed by atoms with E-state index in [0.717, 1.165) is 30.1 Å². The zero-order chi connectivity index (χ0) is 14.4. The van der Waals surface area contributed by atoms with Crippen molar-refractivity contribution in [3.05, 3.63) is 46.2 Å². The summed E-state index contributed by atoms with van der Waals surface area (Å²) in [4.78, 5) is 12.2. The van der Waals surface area contributed by atoms with Gasteiger partial charge in [0.15, 0.2) is 0 Å². The second kappa shape index (κ2) is 7.07. The summed E-state index contributed by atoms with van der Waals surface area (Å²) in [5.41, 5.74) is 2.07. The first kappa shape index (κ1) is 14.6. The third-order valence-electron chi connectivity index (χ3n) is 2.87. The fraction of sp³-hybridized carbons (Fsp3) is 0.267. The van der Waals surface area contributed by atoms with Gasteiger partial charge in [-0.15, -0.1) is 11.3 Å². The van der Waals surface area contributed by atoms with Crippen LogP contribution >= 0.6 is 11.3 Å². The van der Waals surface area contributed by atoms with Crippen LogP contribution in [-0.4, -0.2) is 17.6 Å². The summed E-state index contributed by atoms with van der Waals surface area (Å²) in [6, 6.07) is 9.16. The van der Waals surface area contributed by atoms with Crippen LogP contribution in [0.3, 0.4) is 0 Å². The van der Waals surface area contributed by atoms with Crippen LogP contribution in [0.25, 0.3) is 0 Å². The molecule has 1 heterocycles. The lowest BCUT2D eigenvalue weighted by molar-refractivity contribution is -0.114. The van der Waals surface area contributed by atoms with Crippen LogP contribution in [0.5, 0.6) is 5.75 Å². The number of amides is 1. The van der Waals surface area contributed by atoms with Crippen molar-refractivity contribution in [2.24, 2.45) is 0 Å². The Bertz CT molecular complexity index is 564. The molecular weight excluding hydrogens is 272 g/mol. The Morgan fingerprint density at radius 3 is 2.70 bits per heavy atom. The number of hydrogen-bond acceptors (Lipinski definition) is 4. The SMILES string of the molecule is CC(=O)Nc1ccsc1CNCCc1ccc(O)cc1. The standard InChI is InChI=1S/C15H18N2O2S/c1-11(18)17-14-7-9-20-15(14)10-16-8-6-12-2-4-13(19)5-3-12/h2-5,7,9,16,19H,6,8,10H2,1H3,(H,17,18). The van der Waals surface area contributed by atoms with E-state index in [4.69, 9.17) is 0 Å². The predicted molar refractivity (Wildman–Crippen MR) is 82.1 cm³/mol. The van der Waals surface area contributed by atoms with Crippen molar-refractivity contribution >= 4 is 22.9 Å². The molecule has 0 radical (unpaired) electrons. The average Bonchev–Trinajstić information content (AvgIpc) is 2.83. The highest BCUT2D eigenvalue weighted by Crippen LogP contribution is 2.21. The average molecular weight is 290 g/mol. The minimum absolute atomic E-state index is 0.0475. The van der Waals surface area contributed by atoms with Crippen molar-refractivity contribution in [2.45, 2.75) is 19.9 Å². The topological polar surface area (TPSA) is 61.4 Å². The molecule has 0 saturated carbocycles. The third kappa shape index (κ3) is 4.36. The number of nitrogens with one attached hydrogen (secondary N) is 2.